The first kappa shape index (κ1) is 22.6. The number of methoxy groups -OCH3 is 2. The van der Waals surface area contributed by atoms with E-state index in [0.29, 0.717) is 17.0 Å². The van der Waals surface area contributed by atoms with Crippen molar-refractivity contribution >= 4 is 17.4 Å². The number of para-hydroxylation sites is 1. The maximum Gasteiger partial charge on any atom is 0.259 e. The van der Waals surface area contributed by atoms with Gasteiger partial charge in [0.05, 0.1) is 31.7 Å². The molecule has 33 heavy (non-hydrogen) atoms. The number of pyridine rings is 1. The number of benzene rings is 2. The zero-order valence-electron chi connectivity index (χ0n) is 19.2. The molecule has 7 heteroatoms. The molecule has 172 valence electrons. The fourth-order valence-electron chi connectivity index (χ4n) is 4.06. The molecule has 1 aliphatic heterocycles. The molecule has 0 aliphatic carbocycles. The normalized spacial score (nSPS) is 14.4. The van der Waals surface area contributed by atoms with Crippen LogP contribution in [0.5, 0.6) is 11.5 Å². The van der Waals surface area contributed by atoms with Crippen molar-refractivity contribution in [3.8, 4) is 11.5 Å². The van der Waals surface area contributed by atoms with E-state index in [4.69, 9.17) is 9.47 Å². The number of hydrogen-bond donors (Lipinski definition) is 1. The molecule has 0 radical (unpaired) electrons. The number of carbonyl (C=O) groups is 1. The first-order valence-electron chi connectivity index (χ1n) is 11.2. The van der Waals surface area contributed by atoms with E-state index in [0.717, 1.165) is 50.7 Å². The number of anilines is 2. The Balaban J connectivity index is 1.34. The molecule has 1 fully saturated rings. The molecule has 0 spiro atoms. The quantitative estimate of drug-likeness (QED) is 0.590. The van der Waals surface area contributed by atoms with E-state index in [-0.39, 0.29) is 5.91 Å². The maximum atomic E-state index is 12.6. The minimum absolute atomic E-state index is 0.218. The summed E-state index contributed by atoms with van der Waals surface area (Å²) in [6.45, 7) is 4.77. The van der Waals surface area contributed by atoms with E-state index < -0.39 is 0 Å². The van der Waals surface area contributed by atoms with Crippen molar-refractivity contribution < 1.29 is 14.3 Å². The Morgan fingerprint density at radius 1 is 0.970 bits per heavy atom. The zero-order chi connectivity index (χ0) is 23.0. The largest absolute Gasteiger partial charge is 0.497 e. The fourth-order valence-corrected chi connectivity index (χ4v) is 4.06. The summed E-state index contributed by atoms with van der Waals surface area (Å²) in [5, 5.41) is 2.90. The Labute approximate surface area is 195 Å². The van der Waals surface area contributed by atoms with Crippen LogP contribution in [0.4, 0.5) is 11.5 Å². The van der Waals surface area contributed by atoms with Gasteiger partial charge < -0.3 is 19.7 Å². The van der Waals surface area contributed by atoms with Crippen molar-refractivity contribution in [2.75, 3.05) is 50.6 Å². The molecule has 0 saturated carbocycles. The minimum Gasteiger partial charge on any atom is -0.497 e. The number of nitrogens with one attached hydrogen (secondary N) is 1. The molecule has 0 bridgehead atoms. The smallest absolute Gasteiger partial charge is 0.259 e. The molecule has 2 aromatic carbocycles. The van der Waals surface area contributed by atoms with Crippen LogP contribution in [0.2, 0.25) is 0 Å². The molecular weight excluding hydrogens is 416 g/mol. The average molecular weight is 447 g/mol. The van der Waals surface area contributed by atoms with Crippen molar-refractivity contribution in [1.82, 2.24) is 9.88 Å². The van der Waals surface area contributed by atoms with Crippen LogP contribution >= 0.6 is 0 Å². The van der Waals surface area contributed by atoms with E-state index in [1.54, 1.807) is 32.5 Å². The summed E-state index contributed by atoms with van der Waals surface area (Å²) >= 11 is 0. The zero-order valence-corrected chi connectivity index (χ0v) is 19.2. The molecule has 1 aliphatic rings. The number of hydrogen-bond acceptors (Lipinski definition) is 6. The van der Waals surface area contributed by atoms with Gasteiger partial charge in [-0.2, -0.15) is 0 Å². The SMILES string of the molecule is COc1cccc(CN2CCCN(c3ccc(NC(=O)c4ccccc4OC)cn3)CC2)c1. The third-order valence-electron chi connectivity index (χ3n) is 5.81. The third-order valence-corrected chi connectivity index (χ3v) is 5.81. The van der Waals surface area contributed by atoms with Crippen molar-refractivity contribution in [3.05, 3.63) is 78.0 Å². The summed E-state index contributed by atoms with van der Waals surface area (Å²) in [6, 6.07) is 19.3. The van der Waals surface area contributed by atoms with Crippen LogP contribution in [0.15, 0.2) is 66.9 Å². The van der Waals surface area contributed by atoms with Gasteiger partial charge in [-0.25, -0.2) is 4.98 Å². The molecule has 4 rings (SSSR count). The number of carbonyl (C=O) groups excluding carboxylic acids is 1. The second kappa shape index (κ2) is 10.8. The molecule has 1 amide bonds. The Morgan fingerprint density at radius 2 is 1.85 bits per heavy atom. The first-order chi connectivity index (χ1) is 16.2. The van der Waals surface area contributed by atoms with Gasteiger partial charge in [0.25, 0.3) is 5.91 Å². The number of ether oxygens (including phenoxy) is 2. The number of aromatic nitrogens is 1. The Hall–Kier alpha value is -3.58. The lowest BCUT2D eigenvalue weighted by Crippen LogP contribution is -2.31. The van der Waals surface area contributed by atoms with Crippen molar-refractivity contribution in [2.24, 2.45) is 0 Å². The molecule has 1 N–H and O–H groups in total. The molecule has 1 saturated heterocycles. The van der Waals surface area contributed by atoms with Gasteiger partial charge in [-0.3, -0.25) is 9.69 Å². The maximum absolute atomic E-state index is 12.6. The molecule has 1 aromatic heterocycles. The fraction of sp³-hybridized carbons (Fsp3) is 0.308. The summed E-state index contributed by atoms with van der Waals surface area (Å²) in [6.07, 6.45) is 2.78. The van der Waals surface area contributed by atoms with Crippen LogP contribution in [-0.2, 0) is 6.54 Å². The minimum atomic E-state index is -0.218. The van der Waals surface area contributed by atoms with Gasteiger partial charge in [-0.05, 0) is 48.4 Å². The van der Waals surface area contributed by atoms with Crippen molar-refractivity contribution in [3.63, 3.8) is 0 Å². The van der Waals surface area contributed by atoms with Crippen LogP contribution < -0.4 is 19.7 Å². The highest BCUT2D eigenvalue weighted by Crippen LogP contribution is 2.21. The lowest BCUT2D eigenvalue weighted by atomic mass is 10.2. The average Bonchev–Trinajstić information content (AvgIpc) is 3.10. The summed E-state index contributed by atoms with van der Waals surface area (Å²) < 4.78 is 10.6. The van der Waals surface area contributed by atoms with E-state index in [9.17, 15) is 4.79 Å². The second-order valence-corrected chi connectivity index (χ2v) is 8.03. The van der Waals surface area contributed by atoms with Gasteiger partial charge in [0, 0.05) is 32.7 Å². The lowest BCUT2D eigenvalue weighted by molar-refractivity contribution is 0.102. The van der Waals surface area contributed by atoms with Gasteiger partial charge >= 0.3 is 0 Å². The number of amides is 1. The van der Waals surface area contributed by atoms with Crippen LogP contribution in [0, 0.1) is 0 Å². The molecule has 3 aromatic rings. The molecule has 0 unspecified atom stereocenters. The van der Waals surface area contributed by atoms with E-state index in [2.05, 4.69) is 32.2 Å². The Kier molecular flexibility index (Phi) is 7.42. The first-order valence-corrected chi connectivity index (χ1v) is 11.2. The summed E-state index contributed by atoms with van der Waals surface area (Å²) in [7, 11) is 3.26. The monoisotopic (exact) mass is 446 g/mol. The third kappa shape index (κ3) is 5.81. The van der Waals surface area contributed by atoms with Gasteiger partial charge in [0.15, 0.2) is 0 Å². The molecule has 2 heterocycles. The van der Waals surface area contributed by atoms with Gasteiger partial charge in [0.2, 0.25) is 0 Å². The predicted molar refractivity (Wildman–Crippen MR) is 130 cm³/mol. The summed E-state index contributed by atoms with van der Waals surface area (Å²) in [5.41, 5.74) is 2.41. The number of rotatable bonds is 7. The Bertz CT molecular complexity index is 1070. The van der Waals surface area contributed by atoms with Crippen LogP contribution in [0.1, 0.15) is 22.3 Å². The van der Waals surface area contributed by atoms with E-state index >= 15 is 0 Å². The van der Waals surface area contributed by atoms with Crippen LogP contribution in [0.3, 0.4) is 0 Å². The molecular formula is C26H30N4O3. The molecule has 0 atom stereocenters. The topological polar surface area (TPSA) is 66.9 Å². The highest BCUT2D eigenvalue weighted by Gasteiger charge is 2.17. The highest BCUT2D eigenvalue weighted by atomic mass is 16.5. The highest BCUT2D eigenvalue weighted by molar-refractivity contribution is 6.06. The molecule has 7 nitrogen and oxygen atoms in total. The number of nitrogens with zero attached hydrogens (tertiary/aromatic N) is 3. The predicted octanol–water partition coefficient (Wildman–Crippen LogP) is 4.06. The van der Waals surface area contributed by atoms with Crippen molar-refractivity contribution in [2.45, 2.75) is 13.0 Å². The summed E-state index contributed by atoms with van der Waals surface area (Å²) in [5.74, 6) is 2.15. The van der Waals surface area contributed by atoms with Gasteiger partial charge in [0.1, 0.15) is 17.3 Å². The van der Waals surface area contributed by atoms with Gasteiger partial charge in [-0.1, -0.05) is 24.3 Å². The second-order valence-electron chi connectivity index (χ2n) is 8.03. The Morgan fingerprint density at radius 3 is 2.64 bits per heavy atom. The van der Waals surface area contributed by atoms with Crippen LogP contribution in [-0.4, -0.2) is 56.2 Å². The van der Waals surface area contributed by atoms with Gasteiger partial charge in [-0.15, -0.1) is 0 Å². The van der Waals surface area contributed by atoms with Crippen LogP contribution in [0.25, 0.3) is 0 Å². The van der Waals surface area contributed by atoms with E-state index in [1.807, 2.05) is 36.4 Å². The van der Waals surface area contributed by atoms with Crippen molar-refractivity contribution in [1.29, 1.82) is 0 Å². The summed E-state index contributed by atoms with van der Waals surface area (Å²) in [4.78, 5) is 22.0. The van der Waals surface area contributed by atoms with E-state index in [1.165, 1.54) is 5.56 Å². The lowest BCUT2D eigenvalue weighted by Gasteiger charge is -2.23. The standard InChI is InChI=1S/C26H30N4O3/c1-32-22-8-5-7-20(17-22)19-29-13-6-14-30(16-15-29)25-12-11-21(18-27-25)28-26(31)23-9-3-4-10-24(23)33-2/h3-5,7-12,17-18H,6,13-16,19H2,1-2H3,(H,28,31).